The van der Waals surface area contributed by atoms with E-state index in [-0.39, 0.29) is 58.9 Å². The molecule has 1 saturated carbocycles. The fraction of sp³-hybridized carbons (Fsp3) is 1.00. The minimum absolute atomic E-state index is 0. The molecule has 0 saturated heterocycles. The molecule has 10 heavy (non-hydrogen) atoms. The molecular formula is C8H17KO. The van der Waals surface area contributed by atoms with E-state index in [1.807, 2.05) is 0 Å². The van der Waals surface area contributed by atoms with Gasteiger partial charge in [0, 0.05) is 0 Å². The Morgan fingerprint density at radius 2 is 1.50 bits per heavy atom. The third-order valence-corrected chi connectivity index (χ3v) is 2.15. The summed E-state index contributed by atoms with van der Waals surface area (Å²) in [5.41, 5.74) is 0. The molecule has 2 unspecified atom stereocenters. The Bertz CT molecular complexity index is 75.1. The summed E-state index contributed by atoms with van der Waals surface area (Å²) in [5, 5.41) is 9.25. The van der Waals surface area contributed by atoms with Crippen molar-refractivity contribution in [1.29, 1.82) is 0 Å². The van der Waals surface area contributed by atoms with E-state index in [0.29, 0.717) is 0 Å². The Hall–Kier alpha value is 1.60. The van der Waals surface area contributed by atoms with E-state index in [1.165, 1.54) is 6.42 Å². The van der Waals surface area contributed by atoms with E-state index >= 15 is 0 Å². The molecular weight excluding hydrogens is 151 g/mol. The first kappa shape index (κ1) is 11.6. The van der Waals surface area contributed by atoms with Crippen LogP contribution in [0, 0.1) is 11.8 Å². The van der Waals surface area contributed by atoms with Crippen molar-refractivity contribution in [3.05, 3.63) is 0 Å². The van der Waals surface area contributed by atoms with Crippen molar-refractivity contribution in [3.8, 4) is 0 Å². The molecule has 1 aliphatic carbocycles. The molecule has 2 heteroatoms. The molecule has 1 fully saturated rings. The van der Waals surface area contributed by atoms with Gasteiger partial charge in [0.15, 0.2) is 0 Å². The average Bonchev–Trinajstić information content (AvgIpc) is 1.59. The Morgan fingerprint density at radius 1 is 1.10 bits per heavy atom. The van der Waals surface area contributed by atoms with Crippen LogP contribution in [0.15, 0.2) is 0 Å². The van der Waals surface area contributed by atoms with E-state index in [0.717, 1.165) is 24.7 Å². The summed E-state index contributed by atoms with van der Waals surface area (Å²) in [7, 11) is 0. The van der Waals surface area contributed by atoms with Gasteiger partial charge in [-0.25, -0.2) is 0 Å². The van der Waals surface area contributed by atoms with E-state index in [4.69, 9.17) is 0 Å². The summed E-state index contributed by atoms with van der Waals surface area (Å²) in [6.45, 7) is 4.44. The zero-order valence-electron chi connectivity index (χ0n) is 8.30. The van der Waals surface area contributed by atoms with E-state index in [9.17, 15) is 5.11 Å². The normalized spacial score (nSPS) is 40.5. The molecule has 1 rings (SSSR count). The summed E-state index contributed by atoms with van der Waals surface area (Å²) in [6, 6.07) is 0. The van der Waals surface area contributed by atoms with E-state index in [2.05, 4.69) is 13.8 Å². The van der Waals surface area contributed by atoms with Gasteiger partial charge in [-0.15, -0.1) is 0 Å². The Balaban J connectivity index is 0. The second-order valence-corrected chi connectivity index (χ2v) is 3.57. The molecule has 0 bridgehead atoms. The van der Waals surface area contributed by atoms with Gasteiger partial charge in [-0.05, 0) is 31.1 Å². The Morgan fingerprint density at radius 3 is 1.80 bits per heavy atom. The summed E-state index contributed by atoms with van der Waals surface area (Å²) in [5.74, 6) is 1.48. The van der Waals surface area contributed by atoms with Gasteiger partial charge < -0.3 is 6.53 Å². The van der Waals surface area contributed by atoms with Crippen LogP contribution in [-0.2, 0) is 0 Å². The monoisotopic (exact) mass is 168 g/mol. The van der Waals surface area contributed by atoms with Crippen LogP contribution in [0.25, 0.3) is 0 Å². The maximum atomic E-state index is 9.25. The summed E-state index contributed by atoms with van der Waals surface area (Å²) >= 11 is 0. The summed E-state index contributed by atoms with van der Waals surface area (Å²) in [6.07, 6.45) is 3.33. The molecule has 1 N–H and O–H groups in total. The topological polar surface area (TPSA) is 20.2 Å². The van der Waals surface area contributed by atoms with Crippen LogP contribution in [0.3, 0.4) is 0 Å². The first-order valence-electron chi connectivity index (χ1n) is 3.86. The Labute approximate surface area is 107 Å². The molecule has 1 nitrogen and oxygen atoms in total. The molecule has 1 aliphatic rings. The van der Waals surface area contributed by atoms with Crippen molar-refractivity contribution >= 4 is 0 Å². The molecule has 0 aromatic heterocycles. The predicted octanol–water partition coefficient (Wildman–Crippen LogP) is -1.08. The maximum Gasteiger partial charge on any atom is 1.00 e. The van der Waals surface area contributed by atoms with Crippen molar-refractivity contribution in [2.75, 3.05) is 0 Å². The molecule has 0 spiro atoms. The van der Waals surface area contributed by atoms with Gasteiger partial charge in [-0.1, -0.05) is 13.8 Å². The quantitative estimate of drug-likeness (QED) is 0.456. The molecule has 0 aromatic carbocycles. The minimum atomic E-state index is -0.0104. The number of aliphatic hydroxyl groups excluding tert-OH is 1. The predicted molar refractivity (Wildman–Crippen MR) is 39.3 cm³/mol. The van der Waals surface area contributed by atoms with Crippen molar-refractivity contribution in [2.24, 2.45) is 11.8 Å². The minimum Gasteiger partial charge on any atom is -1.00 e. The van der Waals surface area contributed by atoms with E-state index < -0.39 is 0 Å². The van der Waals surface area contributed by atoms with Gasteiger partial charge in [0.05, 0.1) is 6.10 Å². The van der Waals surface area contributed by atoms with Crippen LogP contribution in [0.4, 0.5) is 0 Å². The largest absolute Gasteiger partial charge is 1.00 e. The van der Waals surface area contributed by atoms with Crippen LogP contribution in [0.5, 0.6) is 0 Å². The zero-order valence-corrected chi connectivity index (χ0v) is 10.4. The van der Waals surface area contributed by atoms with Crippen LogP contribution >= 0.6 is 0 Å². The maximum absolute atomic E-state index is 9.25. The molecule has 0 aliphatic heterocycles. The van der Waals surface area contributed by atoms with Crippen molar-refractivity contribution in [2.45, 2.75) is 39.2 Å². The van der Waals surface area contributed by atoms with Gasteiger partial charge in [-0.2, -0.15) is 0 Å². The third-order valence-electron chi connectivity index (χ3n) is 2.15. The van der Waals surface area contributed by atoms with Crippen LogP contribution in [0.2, 0.25) is 0 Å². The van der Waals surface area contributed by atoms with Crippen LogP contribution in [0.1, 0.15) is 34.5 Å². The molecule has 56 valence electrons. The number of aliphatic hydroxyl groups is 1. The van der Waals surface area contributed by atoms with Crippen molar-refractivity contribution in [3.63, 3.8) is 0 Å². The molecule has 0 radical (unpaired) electrons. The first-order chi connectivity index (χ1) is 4.18. The fourth-order valence-electron chi connectivity index (χ4n) is 1.90. The van der Waals surface area contributed by atoms with Crippen LogP contribution < -0.4 is 51.4 Å². The van der Waals surface area contributed by atoms with Gasteiger partial charge in [0.25, 0.3) is 0 Å². The van der Waals surface area contributed by atoms with Gasteiger partial charge in [-0.3, -0.25) is 0 Å². The smallest absolute Gasteiger partial charge is 1.00 e. The molecule has 0 amide bonds. The van der Waals surface area contributed by atoms with Crippen LogP contribution in [-0.4, -0.2) is 11.2 Å². The van der Waals surface area contributed by atoms with Crippen molar-refractivity contribution in [1.82, 2.24) is 0 Å². The van der Waals surface area contributed by atoms with Gasteiger partial charge >= 0.3 is 51.4 Å². The zero-order chi connectivity index (χ0) is 6.85. The second-order valence-electron chi connectivity index (χ2n) is 3.57. The molecule has 0 aromatic rings. The van der Waals surface area contributed by atoms with Gasteiger partial charge in [0.1, 0.15) is 0 Å². The first-order valence-corrected chi connectivity index (χ1v) is 3.86. The standard InChI is InChI=1S/C8H16O.K.H/c1-6-3-7(2)5-8(9)4-6;;/h6-9H,3-5H2,1-2H3;;/q;+1;-1. The van der Waals surface area contributed by atoms with Crippen molar-refractivity contribution < 1.29 is 57.9 Å². The molecule has 2 atom stereocenters. The van der Waals surface area contributed by atoms with Gasteiger partial charge in [0.2, 0.25) is 0 Å². The fourth-order valence-corrected chi connectivity index (χ4v) is 1.90. The summed E-state index contributed by atoms with van der Waals surface area (Å²) in [4.78, 5) is 0. The van der Waals surface area contributed by atoms with E-state index in [1.54, 1.807) is 0 Å². The average molecular weight is 168 g/mol. The number of hydrogen-bond acceptors (Lipinski definition) is 1. The number of hydrogen-bond donors (Lipinski definition) is 1. The number of rotatable bonds is 0. The third kappa shape index (κ3) is 3.84. The SMILES string of the molecule is CC1CC(C)CC(O)C1.[H-].[K+]. The second kappa shape index (κ2) is 5.28. The summed E-state index contributed by atoms with van der Waals surface area (Å²) < 4.78 is 0. The molecule has 0 heterocycles. The Kier molecular flexibility index (Phi) is 6.12.